The number of carbonyl (C=O) groups is 1. The maximum atomic E-state index is 12.3. The highest BCUT2D eigenvalue weighted by molar-refractivity contribution is 7.94. The zero-order valence-electron chi connectivity index (χ0n) is 12.4. The number of nitrogens with zero attached hydrogens (tertiary/aromatic N) is 3. The second-order valence-electron chi connectivity index (χ2n) is 4.91. The Morgan fingerprint density at radius 1 is 1.29 bits per heavy atom. The summed E-state index contributed by atoms with van der Waals surface area (Å²) in [6.07, 6.45) is 1.57. The van der Waals surface area contributed by atoms with Gasteiger partial charge in [0.2, 0.25) is 0 Å². The lowest BCUT2D eigenvalue weighted by Crippen LogP contribution is -2.11. The standard InChI is InChI=1S/C14H12N4O4S2/c1-18-8-15-16-13(18)9-2-4-11(5-3-9)17-24(21,22)12-6-10(7-23-12)14(19)20/h2-8,17H,1H3,(H,19,20). The van der Waals surface area contributed by atoms with Gasteiger partial charge in [-0.2, -0.15) is 0 Å². The van der Waals surface area contributed by atoms with Crippen molar-refractivity contribution in [2.24, 2.45) is 7.05 Å². The molecule has 2 heterocycles. The van der Waals surface area contributed by atoms with Crippen molar-refractivity contribution in [1.29, 1.82) is 0 Å². The van der Waals surface area contributed by atoms with Crippen molar-refractivity contribution in [1.82, 2.24) is 14.8 Å². The zero-order valence-corrected chi connectivity index (χ0v) is 14.0. The average molecular weight is 364 g/mol. The van der Waals surface area contributed by atoms with Crippen LogP contribution in [0.15, 0.2) is 46.2 Å². The zero-order chi connectivity index (χ0) is 17.3. The topological polar surface area (TPSA) is 114 Å². The highest BCUT2D eigenvalue weighted by atomic mass is 32.2. The fourth-order valence-corrected chi connectivity index (χ4v) is 4.22. The van der Waals surface area contributed by atoms with Crippen molar-refractivity contribution < 1.29 is 18.3 Å². The maximum Gasteiger partial charge on any atom is 0.336 e. The van der Waals surface area contributed by atoms with Crippen LogP contribution in [0.25, 0.3) is 11.4 Å². The molecular weight excluding hydrogens is 352 g/mol. The molecule has 3 aromatic rings. The number of hydrogen-bond acceptors (Lipinski definition) is 6. The molecule has 24 heavy (non-hydrogen) atoms. The van der Waals surface area contributed by atoms with Gasteiger partial charge in [0.1, 0.15) is 10.5 Å². The number of carboxylic acid groups (broad SMARTS) is 1. The highest BCUT2D eigenvalue weighted by Gasteiger charge is 2.19. The molecule has 2 aromatic heterocycles. The Labute approximate surface area is 141 Å². The molecule has 2 N–H and O–H groups in total. The number of aromatic carboxylic acids is 1. The number of anilines is 1. The predicted octanol–water partition coefficient (Wildman–Crippen LogP) is 2.04. The molecule has 0 atom stereocenters. The molecule has 0 saturated carbocycles. The molecular formula is C14H12N4O4S2. The first-order valence-corrected chi connectivity index (χ1v) is 9.02. The van der Waals surface area contributed by atoms with Crippen molar-refractivity contribution in [3.63, 3.8) is 0 Å². The van der Waals surface area contributed by atoms with Gasteiger partial charge in [0.15, 0.2) is 5.82 Å². The second kappa shape index (κ2) is 6.06. The summed E-state index contributed by atoms with van der Waals surface area (Å²) in [5, 5.41) is 17.9. The number of rotatable bonds is 5. The number of thiophene rings is 1. The smallest absolute Gasteiger partial charge is 0.336 e. The van der Waals surface area contributed by atoms with E-state index in [-0.39, 0.29) is 9.77 Å². The number of aromatic nitrogens is 3. The van der Waals surface area contributed by atoms with Gasteiger partial charge < -0.3 is 9.67 Å². The number of aryl methyl sites for hydroxylation is 1. The fourth-order valence-electron chi connectivity index (χ4n) is 2.01. The van der Waals surface area contributed by atoms with E-state index in [1.54, 1.807) is 35.2 Å². The van der Waals surface area contributed by atoms with Gasteiger partial charge in [0.05, 0.1) is 5.56 Å². The third-order valence-electron chi connectivity index (χ3n) is 3.19. The average Bonchev–Trinajstić information content (AvgIpc) is 3.17. The lowest BCUT2D eigenvalue weighted by atomic mass is 10.2. The highest BCUT2D eigenvalue weighted by Crippen LogP contribution is 2.24. The van der Waals surface area contributed by atoms with E-state index in [1.165, 1.54) is 5.38 Å². The predicted molar refractivity (Wildman–Crippen MR) is 88.5 cm³/mol. The van der Waals surface area contributed by atoms with Gasteiger partial charge in [-0.05, 0) is 30.3 Å². The quantitative estimate of drug-likeness (QED) is 0.716. The van der Waals surface area contributed by atoms with Crippen LogP contribution >= 0.6 is 11.3 Å². The third kappa shape index (κ3) is 3.14. The first-order chi connectivity index (χ1) is 11.4. The minimum absolute atomic E-state index is 0.0574. The van der Waals surface area contributed by atoms with Crippen LogP contribution in [0.2, 0.25) is 0 Å². The number of benzene rings is 1. The molecule has 0 bridgehead atoms. The summed E-state index contributed by atoms with van der Waals surface area (Å²) < 4.78 is 28.7. The minimum Gasteiger partial charge on any atom is -0.478 e. The molecule has 124 valence electrons. The number of nitrogens with one attached hydrogen (secondary N) is 1. The maximum absolute atomic E-state index is 12.3. The second-order valence-corrected chi connectivity index (χ2v) is 7.73. The monoisotopic (exact) mass is 364 g/mol. The van der Waals surface area contributed by atoms with E-state index in [0.29, 0.717) is 11.5 Å². The van der Waals surface area contributed by atoms with Crippen LogP contribution in [0.4, 0.5) is 5.69 Å². The van der Waals surface area contributed by atoms with Gasteiger partial charge in [-0.15, -0.1) is 21.5 Å². The SMILES string of the molecule is Cn1cnnc1-c1ccc(NS(=O)(=O)c2cc(C(=O)O)cs2)cc1. The van der Waals surface area contributed by atoms with Crippen molar-refractivity contribution in [2.75, 3.05) is 4.72 Å². The number of hydrogen-bond donors (Lipinski definition) is 2. The molecule has 0 spiro atoms. The molecule has 0 radical (unpaired) electrons. The normalized spacial score (nSPS) is 11.4. The molecule has 0 aliphatic heterocycles. The Hall–Kier alpha value is -2.72. The van der Waals surface area contributed by atoms with Gasteiger partial charge in [-0.25, -0.2) is 13.2 Å². The summed E-state index contributed by atoms with van der Waals surface area (Å²) in [5.74, 6) is -0.505. The molecule has 0 fully saturated rings. The van der Waals surface area contributed by atoms with E-state index in [9.17, 15) is 13.2 Å². The molecule has 0 amide bonds. The van der Waals surface area contributed by atoms with E-state index in [4.69, 9.17) is 5.11 Å². The van der Waals surface area contributed by atoms with Gasteiger partial charge >= 0.3 is 5.97 Å². The van der Waals surface area contributed by atoms with E-state index in [1.807, 2.05) is 7.05 Å². The van der Waals surface area contributed by atoms with E-state index in [0.717, 1.165) is 23.0 Å². The summed E-state index contributed by atoms with van der Waals surface area (Å²) in [4.78, 5) is 10.9. The summed E-state index contributed by atoms with van der Waals surface area (Å²) in [7, 11) is -2.02. The Bertz CT molecular complexity index is 990. The third-order valence-corrected chi connectivity index (χ3v) is 6.01. The minimum atomic E-state index is -3.83. The molecule has 0 aliphatic rings. The van der Waals surface area contributed by atoms with Crippen molar-refractivity contribution in [3.8, 4) is 11.4 Å². The lowest BCUT2D eigenvalue weighted by Gasteiger charge is -2.07. The van der Waals surface area contributed by atoms with Crippen LogP contribution < -0.4 is 4.72 Å². The van der Waals surface area contributed by atoms with E-state index >= 15 is 0 Å². The van der Waals surface area contributed by atoms with E-state index < -0.39 is 16.0 Å². The van der Waals surface area contributed by atoms with Crippen molar-refractivity contribution >= 4 is 33.0 Å². The van der Waals surface area contributed by atoms with Crippen molar-refractivity contribution in [3.05, 3.63) is 47.6 Å². The van der Waals surface area contributed by atoms with Crippen LogP contribution in [0.5, 0.6) is 0 Å². The summed E-state index contributed by atoms with van der Waals surface area (Å²) in [6, 6.07) is 7.78. The largest absolute Gasteiger partial charge is 0.478 e. The van der Waals surface area contributed by atoms with Gasteiger partial charge in [0, 0.05) is 23.7 Å². The Morgan fingerprint density at radius 3 is 2.54 bits per heavy atom. The molecule has 10 heteroatoms. The van der Waals surface area contributed by atoms with Gasteiger partial charge in [0.25, 0.3) is 10.0 Å². The van der Waals surface area contributed by atoms with Crippen LogP contribution in [0.3, 0.4) is 0 Å². The van der Waals surface area contributed by atoms with E-state index in [2.05, 4.69) is 14.9 Å². The molecule has 0 unspecified atom stereocenters. The summed E-state index contributed by atoms with van der Waals surface area (Å²) in [5.41, 5.74) is 1.10. The fraction of sp³-hybridized carbons (Fsp3) is 0.0714. The number of carboxylic acids is 1. The Kier molecular flexibility index (Phi) is 4.08. The van der Waals surface area contributed by atoms with Crippen LogP contribution in [-0.2, 0) is 17.1 Å². The molecule has 3 rings (SSSR count). The van der Waals surface area contributed by atoms with Gasteiger partial charge in [-0.3, -0.25) is 4.72 Å². The Morgan fingerprint density at radius 2 is 2.00 bits per heavy atom. The summed E-state index contributed by atoms with van der Waals surface area (Å²) in [6.45, 7) is 0. The molecule has 8 nitrogen and oxygen atoms in total. The first kappa shape index (κ1) is 16.1. The molecule has 0 aliphatic carbocycles. The van der Waals surface area contributed by atoms with Gasteiger partial charge in [-0.1, -0.05) is 0 Å². The lowest BCUT2D eigenvalue weighted by molar-refractivity contribution is 0.0697. The van der Waals surface area contributed by atoms with Crippen LogP contribution in [-0.4, -0.2) is 34.3 Å². The molecule has 1 aromatic carbocycles. The van der Waals surface area contributed by atoms with Crippen molar-refractivity contribution in [2.45, 2.75) is 4.21 Å². The Balaban J connectivity index is 1.82. The van der Waals surface area contributed by atoms with Crippen LogP contribution in [0.1, 0.15) is 10.4 Å². The molecule has 0 saturated heterocycles. The van der Waals surface area contributed by atoms with Crippen LogP contribution in [0, 0.1) is 0 Å². The summed E-state index contributed by atoms with van der Waals surface area (Å²) >= 11 is 0.854. The first-order valence-electron chi connectivity index (χ1n) is 6.66. The number of sulfonamides is 1.